The van der Waals surface area contributed by atoms with Gasteiger partial charge in [-0.2, -0.15) is 0 Å². The lowest BCUT2D eigenvalue weighted by Crippen LogP contribution is -1.74. The predicted molar refractivity (Wildman–Crippen MR) is 56.4 cm³/mol. The fourth-order valence-corrected chi connectivity index (χ4v) is 0.895. The minimum absolute atomic E-state index is 0. The monoisotopic (exact) mass is 180 g/mol. The van der Waals surface area contributed by atoms with Crippen LogP contribution >= 0.6 is 0 Å². The third kappa shape index (κ3) is 6.42. The summed E-state index contributed by atoms with van der Waals surface area (Å²) in [5.41, 5.74) is 0. The first-order chi connectivity index (χ1) is 5.50. The molecule has 0 aromatic heterocycles. The van der Waals surface area contributed by atoms with Crippen molar-refractivity contribution in [1.82, 2.24) is 0 Å². The van der Waals surface area contributed by atoms with Crippen LogP contribution in [0.3, 0.4) is 0 Å². The zero-order chi connectivity index (χ0) is 7.78. The number of benzene rings is 1. The second-order valence-electron chi connectivity index (χ2n) is 2.47. The second kappa shape index (κ2) is 8.81. The average molecular weight is 180 g/mol. The molecule has 1 fully saturated rings. The molecule has 1 aromatic carbocycles. The molecule has 0 radical (unpaired) electrons. The van der Waals surface area contributed by atoms with Gasteiger partial charge in [-0.25, -0.2) is 0 Å². The highest BCUT2D eigenvalue weighted by atomic mass is 27.0. The molecule has 0 aliphatic carbocycles. The van der Waals surface area contributed by atoms with E-state index >= 15 is 0 Å². The Morgan fingerprint density at radius 3 is 1.17 bits per heavy atom. The van der Waals surface area contributed by atoms with Gasteiger partial charge in [0.15, 0.2) is 17.4 Å². The molecule has 0 spiro atoms. The Labute approximate surface area is 84.9 Å². The molecule has 0 unspecified atom stereocenters. The lowest BCUT2D eigenvalue weighted by molar-refractivity contribution is 0.198. The van der Waals surface area contributed by atoms with Crippen molar-refractivity contribution in [2.24, 2.45) is 0 Å². The molecule has 2 rings (SSSR count). The minimum Gasteiger partial charge on any atom is -0.381 e. The number of ether oxygens (including phenoxy) is 1. The van der Waals surface area contributed by atoms with Gasteiger partial charge in [0.25, 0.3) is 0 Å². The summed E-state index contributed by atoms with van der Waals surface area (Å²) < 4.78 is 4.94. The first kappa shape index (κ1) is 11.7. The second-order valence-corrected chi connectivity index (χ2v) is 2.47. The van der Waals surface area contributed by atoms with Crippen molar-refractivity contribution >= 4 is 17.4 Å². The summed E-state index contributed by atoms with van der Waals surface area (Å²) in [6.07, 6.45) is 2.56. The van der Waals surface area contributed by atoms with Gasteiger partial charge in [0.05, 0.1) is 0 Å². The van der Waals surface area contributed by atoms with Crippen LogP contribution in [0.5, 0.6) is 0 Å². The first-order valence-corrected chi connectivity index (χ1v) is 4.08. The van der Waals surface area contributed by atoms with Crippen LogP contribution in [0.15, 0.2) is 36.4 Å². The maximum absolute atomic E-state index is 4.94. The molecule has 2 heteroatoms. The van der Waals surface area contributed by atoms with Crippen molar-refractivity contribution in [3.63, 3.8) is 0 Å². The average Bonchev–Trinajstić information content (AvgIpc) is 2.64. The number of hydrogen-bond donors (Lipinski definition) is 0. The van der Waals surface area contributed by atoms with Crippen molar-refractivity contribution in [3.8, 4) is 0 Å². The van der Waals surface area contributed by atoms with Gasteiger partial charge >= 0.3 is 0 Å². The van der Waals surface area contributed by atoms with Gasteiger partial charge < -0.3 is 4.74 Å². The molecule has 0 saturated carbocycles. The zero-order valence-electron chi connectivity index (χ0n) is 6.70. The summed E-state index contributed by atoms with van der Waals surface area (Å²) in [5, 5.41) is 0. The molecular formula is C10H17AlO. The zero-order valence-corrected chi connectivity index (χ0v) is 6.70. The highest BCUT2D eigenvalue weighted by Gasteiger charge is 1.94. The van der Waals surface area contributed by atoms with Gasteiger partial charge in [0, 0.05) is 13.2 Å². The predicted octanol–water partition coefficient (Wildman–Crippen LogP) is 1.30. The molecule has 0 N–H and O–H groups in total. The van der Waals surface area contributed by atoms with E-state index in [-0.39, 0.29) is 17.4 Å². The van der Waals surface area contributed by atoms with Gasteiger partial charge in [0.2, 0.25) is 0 Å². The largest absolute Gasteiger partial charge is 0.381 e. The Morgan fingerprint density at radius 2 is 1.00 bits per heavy atom. The molecule has 0 bridgehead atoms. The van der Waals surface area contributed by atoms with Crippen molar-refractivity contribution < 1.29 is 4.74 Å². The van der Waals surface area contributed by atoms with Crippen molar-refractivity contribution in [2.75, 3.05) is 13.2 Å². The van der Waals surface area contributed by atoms with E-state index in [1.165, 1.54) is 12.8 Å². The van der Waals surface area contributed by atoms with Crippen LogP contribution in [-0.2, 0) is 4.74 Å². The smallest absolute Gasteiger partial charge is 0.187 e. The third-order valence-corrected chi connectivity index (χ3v) is 1.49. The topological polar surface area (TPSA) is 9.23 Å². The van der Waals surface area contributed by atoms with Crippen LogP contribution in [0, 0.1) is 0 Å². The molecule has 0 amide bonds. The minimum atomic E-state index is 0. The van der Waals surface area contributed by atoms with E-state index in [1.54, 1.807) is 0 Å². The quantitative estimate of drug-likeness (QED) is 0.547. The van der Waals surface area contributed by atoms with E-state index in [0.717, 1.165) is 13.2 Å². The highest BCUT2D eigenvalue weighted by molar-refractivity contribution is 5.75. The highest BCUT2D eigenvalue weighted by Crippen LogP contribution is 1.98. The van der Waals surface area contributed by atoms with E-state index in [0.29, 0.717) is 0 Å². The van der Waals surface area contributed by atoms with Crippen molar-refractivity contribution in [3.05, 3.63) is 36.4 Å². The molecule has 1 aliphatic rings. The van der Waals surface area contributed by atoms with Gasteiger partial charge in [-0.05, 0) is 12.8 Å². The van der Waals surface area contributed by atoms with Crippen LogP contribution in [0.4, 0.5) is 0 Å². The van der Waals surface area contributed by atoms with Gasteiger partial charge in [0.1, 0.15) is 0 Å². The van der Waals surface area contributed by atoms with E-state index in [1.807, 2.05) is 36.4 Å². The number of hydrogen-bond acceptors (Lipinski definition) is 1. The Morgan fingerprint density at radius 1 is 0.667 bits per heavy atom. The summed E-state index contributed by atoms with van der Waals surface area (Å²) >= 11 is 0. The van der Waals surface area contributed by atoms with Crippen LogP contribution in [0.2, 0.25) is 0 Å². The summed E-state index contributed by atoms with van der Waals surface area (Å²) in [6, 6.07) is 12.0. The van der Waals surface area contributed by atoms with Crippen molar-refractivity contribution in [1.29, 1.82) is 0 Å². The molecule has 12 heavy (non-hydrogen) atoms. The fraction of sp³-hybridized carbons (Fsp3) is 0.400. The summed E-state index contributed by atoms with van der Waals surface area (Å²) in [4.78, 5) is 0. The Balaban J connectivity index is 0.000000189. The fourth-order valence-electron chi connectivity index (χ4n) is 0.895. The Hall–Kier alpha value is -0.288. The van der Waals surface area contributed by atoms with Crippen LogP contribution in [0.25, 0.3) is 0 Å². The third-order valence-electron chi connectivity index (χ3n) is 1.49. The van der Waals surface area contributed by atoms with Gasteiger partial charge in [-0.1, -0.05) is 36.4 Å². The van der Waals surface area contributed by atoms with E-state index < -0.39 is 0 Å². The molecule has 0 atom stereocenters. The molecule has 1 saturated heterocycles. The molecule has 1 aromatic rings. The van der Waals surface area contributed by atoms with Crippen LogP contribution in [-0.4, -0.2) is 30.6 Å². The summed E-state index contributed by atoms with van der Waals surface area (Å²) in [7, 11) is 0. The SMILES string of the molecule is C1CCOC1.[AlH3].c1ccccc1. The molecule has 1 nitrogen and oxygen atoms in total. The molecular weight excluding hydrogens is 163 g/mol. The summed E-state index contributed by atoms with van der Waals surface area (Å²) in [5.74, 6) is 0. The Kier molecular flexibility index (Phi) is 8.59. The molecule has 66 valence electrons. The van der Waals surface area contributed by atoms with Crippen LogP contribution in [0.1, 0.15) is 12.8 Å². The lowest BCUT2D eigenvalue weighted by atomic mass is 10.4. The normalized spacial score (nSPS) is 14.0. The maximum Gasteiger partial charge on any atom is 0.187 e. The summed E-state index contributed by atoms with van der Waals surface area (Å²) in [6.45, 7) is 2.00. The number of rotatable bonds is 0. The lowest BCUT2D eigenvalue weighted by Gasteiger charge is -1.76. The van der Waals surface area contributed by atoms with E-state index in [4.69, 9.17) is 4.74 Å². The standard InChI is InChI=1S/C6H6.C4H8O.Al.3H/c1-2-4-6-5-3-1;1-2-4-5-3-1;;;;/h1-6H;1-4H2;;;;. The first-order valence-electron chi connectivity index (χ1n) is 4.08. The van der Waals surface area contributed by atoms with Crippen molar-refractivity contribution in [2.45, 2.75) is 12.8 Å². The molecule has 1 heterocycles. The van der Waals surface area contributed by atoms with E-state index in [9.17, 15) is 0 Å². The van der Waals surface area contributed by atoms with E-state index in [2.05, 4.69) is 0 Å². The molecule has 1 aliphatic heterocycles. The van der Waals surface area contributed by atoms with Crippen LogP contribution < -0.4 is 0 Å². The van der Waals surface area contributed by atoms with Gasteiger partial charge in [-0.3, -0.25) is 0 Å². The Bertz CT molecular complexity index is 126. The van der Waals surface area contributed by atoms with Gasteiger partial charge in [-0.15, -0.1) is 0 Å². The maximum atomic E-state index is 4.94.